The molecule has 7 nitrogen and oxygen atoms in total. The molecule has 1 N–H and O–H groups in total. The Morgan fingerprint density at radius 3 is 2.30 bits per heavy atom. The molecule has 0 saturated carbocycles. The summed E-state index contributed by atoms with van der Waals surface area (Å²) in [5.74, 6) is 1.06. The van der Waals surface area contributed by atoms with Crippen molar-refractivity contribution in [2.45, 2.75) is 46.6 Å². The molecule has 4 rings (SSSR count). The summed E-state index contributed by atoms with van der Waals surface area (Å²) >= 11 is 0. The Bertz CT molecular complexity index is 1100. The third-order valence-corrected chi connectivity index (χ3v) is 6.24. The summed E-state index contributed by atoms with van der Waals surface area (Å²) < 4.78 is 5.48. The van der Waals surface area contributed by atoms with Crippen LogP contribution >= 0.6 is 0 Å². The van der Waals surface area contributed by atoms with Gasteiger partial charge in [0, 0.05) is 49.4 Å². The Morgan fingerprint density at radius 1 is 1.00 bits per heavy atom. The summed E-state index contributed by atoms with van der Waals surface area (Å²) in [7, 11) is 0. The standard InChI is InChI=1S/C26H33N5O2/c1-17(2)24-28-26(33-29-24)22-8-6-7-19(5)23(22)27-25(32)20-9-11-21(12-10-20)31-15-13-30(14-16-31)18(3)4/h6-12,17-18H,13-16H2,1-5H3,(H,27,32). The number of carbonyl (C=O) groups excluding carboxylic acids is 1. The van der Waals surface area contributed by atoms with Crippen LogP contribution in [0.15, 0.2) is 47.0 Å². The summed E-state index contributed by atoms with van der Waals surface area (Å²) in [6.45, 7) is 14.6. The Morgan fingerprint density at radius 2 is 1.70 bits per heavy atom. The van der Waals surface area contributed by atoms with Gasteiger partial charge in [-0.3, -0.25) is 9.69 Å². The van der Waals surface area contributed by atoms with E-state index in [1.54, 1.807) is 0 Å². The summed E-state index contributed by atoms with van der Waals surface area (Å²) in [4.78, 5) is 22.4. The van der Waals surface area contributed by atoms with Gasteiger partial charge in [0.2, 0.25) is 0 Å². The molecule has 0 bridgehead atoms. The van der Waals surface area contributed by atoms with Crippen molar-refractivity contribution in [2.75, 3.05) is 36.4 Å². The zero-order valence-corrected chi connectivity index (χ0v) is 20.1. The van der Waals surface area contributed by atoms with Crippen molar-refractivity contribution < 1.29 is 9.32 Å². The summed E-state index contributed by atoms with van der Waals surface area (Å²) in [5, 5.41) is 7.12. The molecular weight excluding hydrogens is 414 g/mol. The second-order valence-corrected chi connectivity index (χ2v) is 9.23. The lowest BCUT2D eigenvalue weighted by atomic mass is 10.1. The topological polar surface area (TPSA) is 74.5 Å². The van der Waals surface area contributed by atoms with Gasteiger partial charge in [0.25, 0.3) is 11.8 Å². The molecule has 0 atom stereocenters. The van der Waals surface area contributed by atoms with Crippen molar-refractivity contribution >= 4 is 17.3 Å². The van der Waals surface area contributed by atoms with Gasteiger partial charge in [-0.1, -0.05) is 31.1 Å². The first-order valence-corrected chi connectivity index (χ1v) is 11.7. The highest BCUT2D eigenvalue weighted by Gasteiger charge is 2.20. The minimum Gasteiger partial charge on any atom is -0.369 e. The van der Waals surface area contributed by atoms with Crippen LogP contribution < -0.4 is 10.2 Å². The SMILES string of the molecule is Cc1cccc(-c2nc(C(C)C)no2)c1NC(=O)c1ccc(N2CCN(C(C)C)CC2)cc1. The van der Waals surface area contributed by atoms with Crippen LogP contribution in [0.3, 0.4) is 0 Å². The molecule has 0 spiro atoms. The molecule has 1 aromatic heterocycles. The molecule has 0 aliphatic carbocycles. The highest BCUT2D eigenvalue weighted by molar-refractivity contribution is 6.06. The van der Waals surface area contributed by atoms with Crippen LogP contribution in [0.25, 0.3) is 11.5 Å². The molecule has 1 amide bonds. The van der Waals surface area contributed by atoms with Gasteiger partial charge in [-0.2, -0.15) is 4.98 Å². The molecule has 33 heavy (non-hydrogen) atoms. The molecule has 174 valence electrons. The number of hydrogen-bond donors (Lipinski definition) is 1. The average Bonchev–Trinajstić information content (AvgIpc) is 3.31. The van der Waals surface area contributed by atoms with Gasteiger partial charge in [0.05, 0.1) is 11.3 Å². The number of nitrogens with one attached hydrogen (secondary N) is 1. The number of anilines is 2. The number of aromatic nitrogens is 2. The Labute approximate surface area is 195 Å². The van der Waals surface area contributed by atoms with E-state index in [-0.39, 0.29) is 11.8 Å². The molecule has 2 heterocycles. The van der Waals surface area contributed by atoms with Crippen molar-refractivity contribution in [1.82, 2.24) is 15.0 Å². The van der Waals surface area contributed by atoms with Gasteiger partial charge < -0.3 is 14.7 Å². The zero-order chi connectivity index (χ0) is 23.5. The number of carbonyl (C=O) groups is 1. The number of piperazine rings is 1. The van der Waals surface area contributed by atoms with Crippen molar-refractivity contribution in [1.29, 1.82) is 0 Å². The molecule has 3 aromatic rings. The molecule has 2 aromatic carbocycles. The number of para-hydroxylation sites is 1. The molecule has 1 saturated heterocycles. The maximum atomic E-state index is 13.1. The fraction of sp³-hybridized carbons (Fsp3) is 0.423. The predicted molar refractivity (Wildman–Crippen MR) is 132 cm³/mol. The predicted octanol–water partition coefficient (Wildman–Crippen LogP) is 4.95. The smallest absolute Gasteiger partial charge is 0.260 e. The van der Waals surface area contributed by atoms with Crippen LogP contribution in [-0.2, 0) is 0 Å². The average molecular weight is 448 g/mol. The van der Waals surface area contributed by atoms with E-state index in [1.165, 1.54) is 0 Å². The Kier molecular flexibility index (Phi) is 6.79. The number of rotatable bonds is 6. The van der Waals surface area contributed by atoms with E-state index in [0.29, 0.717) is 29.0 Å². The quantitative estimate of drug-likeness (QED) is 0.576. The highest BCUT2D eigenvalue weighted by atomic mass is 16.5. The van der Waals surface area contributed by atoms with E-state index in [0.717, 1.165) is 43.0 Å². The zero-order valence-electron chi connectivity index (χ0n) is 20.1. The molecule has 1 aliphatic heterocycles. The first kappa shape index (κ1) is 23.0. The third-order valence-electron chi connectivity index (χ3n) is 6.24. The highest BCUT2D eigenvalue weighted by Crippen LogP contribution is 2.31. The lowest BCUT2D eigenvalue weighted by molar-refractivity contribution is 0.102. The van der Waals surface area contributed by atoms with Crippen LogP contribution in [0.5, 0.6) is 0 Å². The number of hydrogen-bond acceptors (Lipinski definition) is 6. The van der Waals surface area contributed by atoms with Crippen LogP contribution in [0, 0.1) is 6.92 Å². The van der Waals surface area contributed by atoms with Gasteiger partial charge in [-0.05, 0) is 56.7 Å². The van der Waals surface area contributed by atoms with Gasteiger partial charge in [-0.15, -0.1) is 0 Å². The second-order valence-electron chi connectivity index (χ2n) is 9.23. The van der Waals surface area contributed by atoms with Gasteiger partial charge in [0.15, 0.2) is 5.82 Å². The maximum Gasteiger partial charge on any atom is 0.260 e. The lowest BCUT2D eigenvalue weighted by Gasteiger charge is -2.38. The normalized spacial score (nSPS) is 14.8. The minimum absolute atomic E-state index is 0.162. The summed E-state index contributed by atoms with van der Waals surface area (Å²) in [6, 6.07) is 14.2. The number of benzene rings is 2. The van der Waals surface area contributed by atoms with Gasteiger partial charge >= 0.3 is 0 Å². The molecule has 1 aliphatic rings. The van der Waals surface area contributed by atoms with Gasteiger partial charge in [0.1, 0.15) is 0 Å². The van der Waals surface area contributed by atoms with E-state index < -0.39 is 0 Å². The van der Waals surface area contributed by atoms with E-state index in [1.807, 2.05) is 63.2 Å². The first-order chi connectivity index (χ1) is 15.8. The second kappa shape index (κ2) is 9.75. The monoisotopic (exact) mass is 447 g/mol. The van der Waals surface area contributed by atoms with Crippen molar-refractivity contribution in [3.8, 4) is 11.5 Å². The van der Waals surface area contributed by atoms with Crippen LogP contribution in [0.1, 0.15) is 55.4 Å². The van der Waals surface area contributed by atoms with E-state index >= 15 is 0 Å². The first-order valence-electron chi connectivity index (χ1n) is 11.7. The maximum absolute atomic E-state index is 13.1. The van der Waals surface area contributed by atoms with Crippen LogP contribution in [0.2, 0.25) is 0 Å². The molecule has 0 unspecified atom stereocenters. The lowest BCUT2D eigenvalue weighted by Crippen LogP contribution is -2.48. The largest absolute Gasteiger partial charge is 0.369 e. The number of nitrogens with zero attached hydrogens (tertiary/aromatic N) is 4. The van der Waals surface area contributed by atoms with E-state index in [4.69, 9.17) is 4.52 Å². The van der Waals surface area contributed by atoms with Crippen molar-refractivity contribution in [2.24, 2.45) is 0 Å². The van der Waals surface area contributed by atoms with Crippen LogP contribution in [0.4, 0.5) is 11.4 Å². The molecule has 1 fully saturated rings. The van der Waals surface area contributed by atoms with Crippen molar-refractivity contribution in [3.63, 3.8) is 0 Å². The summed E-state index contributed by atoms with van der Waals surface area (Å²) in [6.07, 6.45) is 0. The molecular formula is C26H33N5O2. The number of aryl methyl sites for hydroxylation is 1. The fourth-order valence-corrected chi connectivity index (χ4v) is 4.10. The number of amides is 1. The van der Waals surface area contributed by atoms with E-state index in [9.17, 15) is 4.79 Å². The Hall–Kier alpha value is -3.19. The van der Waals surface area contributed by atoms with Crippen molar-refractivity contribution in [3.05, 3.63) is 59.4 Å². The van der Waals surface area contributed by atoms with E-state index in [2.05, 4.69) is 39.1 Å². The minimum atomic E-state index is -0.162. The molecule has 7 heteroatoms. The summed E-state index contributed by atoms with van der Waals surface area (Å²) in [5.41, 5.74) is 4.11. The van der Waals surface area contributed by atoms with Crippen LogP contribution in [-0.4, -0.2) is 53.2 Å². The fourth-order valence-electron chi connectivity index (χ4n) is 4.10. The van der Waals surface area contributed by atoms with Gasteiger partial charge in [-0.25, -0.2) is 0 Å². The molecule has 0 radical (unpaired) electrons. The Balaban J connectivity index is 1.49. The third kappa shape index (κ3) is 5.09.